The number of aryl methyl sites for hydroxylation is 1. The zero-order valence-corrected chi connectivity index (χ0v) is 10.1. The molecule has 0 radical (unpaired) electrons. The van der Waals surface area contributed by atoms with Crippen molar-refractivity contribution in [3.05, 3.63) is 5.82 Å². The van der Waals surface area contributed by atoms with Gasteiger partial charge in [-0.2, -0.15) is 4.80 Å². The van der Waals surface area contributed by atoms with Gasteiger partial charge in [0.05, 0.1) is 13.2 Å². The van der Waals surface area contributed by atoms with E-state index in [1.54, 1.807) is 7.05 Å². The van der Waals surface area contributed by atoms with Crippen LogP contribution in [0.5, 0.6) is 0 Å². The molecule has 0 saturated carbocycles. The van der Waals surface area contributed by atoms with E-state index < -0.39 is 0 Å². The molecular weight excluding hydrogens is 206 g/mol. The molecule has 0 aliphatic carbocycles. The highest BCUT2D eigenvalue weighted by Gasteiger charge is 2.31. The second-order valence-electron chi connectivity index (χ2n) is 4.40. The van der Waals surface area contributed by atoms with E-state index in [4.69, 9.17) is 4.74 Å². The van der Waals surface area contributed by atoms with E-state index >= 15 is 0 Å². The monoisotopic (exact) mass is 225 g/mol. The molecule has 2 heterocycles. The quantitative estimate of drug-likeness (QED) is 0.766. The average molecular weight is 225 g/mol. The number of nitrogens with zero attached hydrogens (tertiary/aromatic N) is 4. The van der Waals surface area contributed by atoms with E-state index in [0.717, 1.165) is 25.3 Å². The highest BCUT2D eigenvalue weighted by atomic mass is 16.5. The Kier molecular flexibility index (Phi) is 3.50. The van der Waals surface area contributed by atoms with Gasteiger partial charge >= 0.3 is 0 Å². The van der Waals surface area contributed by atoms with E-state index in [1.807, 2.05) is 7.05 Å². The molecule has 1 aliphatic heterocycles. The van der Waals surface area contributed by atoms with Crippen LogP contribution in [0.25, 0.3) is 0 Å². The molecule has 1 fully saturated rings. The van der Waals surface area contributed by atoms with Gasteiger partial charge in [-0.15, -0.1) is 10.2 Å². The van der Waals surface area contributed by atoms with Crippen LogP contribution in [0.1, 0.15) is 19.2 Å². The van der Waals surface area contributed by atoms with Gasteiger partial charge in [-0.25, -0.2) is 0 Å². The summed E-state index contributed by atoms with van der Waals surface area (Å²) in [5.41, 5.74) is 0. The number of aromatic nitrogens is 4. The molecule has 0 spiro atoms. The van der Waals surface area contributed by atoms with Crippen molar-refractivity contribution in [1.82, 2.24) is 25.5 Å². The van der Waals surface area contributed by atoms with Crippen LogP contribution in [-0.4, -0.2) is 46.0 Å². The molecule has 1 aromatic rings. The first-order chi connectivity index (χ1) is 7.70. The fourth-order valence-corrected chi connectivity index (χ4v) is 2.22. The third-order valence-electron chi connectivity index (χ3n) is 3.16. The molecule has 6 nitrogen and oxygen atoms in total. The lowest BCUT2D eigenvalue weighted by Gasteiger charge is -2.24. The van der Waals surface area contributed by atoms with E-state index in [1.165, 1.54) is 4.80 Å². The van der Waals surface area contributed by atoms with Gasteiger partial charge in [-0.05, 0) is 24.6 Å². The highest BCUT2D eigenvalue weighted by molar-refractivity contribution is 4.91. The highest BCUT2D eigenvalue weighted by Crippen LogP contribution is 2.23. The minimum Gasteiger partial charge on any atom is -0.376 e. The van der Waals surface area contributed by atoms with Crippen molar-refractivity contribution >= 4 is 0 Å². The van der Waals surface area contributed by atoms with Gasteiger partial charge in [0.2, 0.25) is 0 Å². The Bertz CT molecular complexity index is 340. The molecule has 0 bridgehead atoms. The number of nitrogens with one attached hydrogen (secondary N) is 1. The largest absolute Gasteiger partial charge is 0.376 e. The van der Waals surface area contributed by atoms with Crippen molar-refractivity contribution in [2.24, 2.45) is 13.0 Å². The van der Waals surface area contributed by atoms with Gasteiger partial charge in [0, 0.05) is 19.1 Å². The molecule has 1 aromatic heterocycles. The van der Waals surface area contributed by atoms with E-state index in [0.29, 0.717) is 5.92 Å². The smallest absolute Gasteiger partial charge is 0.176 e. The molecule has 0 aromatic carbocycles. The van der Waals surface area contributed by atoms with Gasteiger partial charge in [0.25, 0.3) is 0 Å². The summed E-state index contributed by atoms with van der Waals surface area (Å²) in [6, 6.07) is 0.265. The zero-order chi connectivity index (χ0) is 11.5. The Balaban J connectivity index is 2.00. The lowest BCUT2D eigenvalue weighted by molar-refractivity contribution is 0.0628. The first-order valence-electron chi connectivity index (χ1n) is 5.72. The SMILES string of the molecule is CNC(Cc1nnn(C)n1)C1OCCC1C. The van der Waals surface area contributed by atoms with Crippen LogP contribution in [0.2, 0.25) is 0 Å². The lowest BCUT2D eigenvalue weighted by Crippen LogP contribution is -2.42. The molecule has 16 heavy (non-hydrogen) atoms. The number of rotatable bonds is 4. The maximum Gasteiger partial charge on any atom is 0.176 e. The Labute approximate surface area is 95.4 Å². The van der Waals surface area contributed by atoms with Crippen LogP contribution in [0.3, 0.4) is 0 Å². The first-order valence-corrected chi connectivity index (χ1v) is 5.72. The van der Waals surface area contributed by atoms with Crippen LogP contribution in [-0.2, 0) is 18.2 Å². The van der Waals surface area contributed by atoms with Gasteiger partial charge in [0.1, 0.15) is 0 Å². The summed E-state index contributed by atoms with van der Waals surface area (Å²) in [4.78, 5) is 1.49. The molecule has 1 aliphatic rings. The Morgan fingerprint density at radius 3 is 2.94 bits per heavy atom. The van der Waals surface area contributed by atoms with Crippen molar-refractivity contribution in [3.63, 3.8) is 0 Å². The Morgan fingerprint density at radius 1 is 1.62 bits per heavy atom. The van der Waals surface area contributed by atoms with Crippen LogP contribution in [0, 0.1) is 5.92 Å². The van der Waals surface area contributed by atoms with Crippen molar-refractivity contribution in [2.75, 3.05) is 13.7 Å². The van der Waals surface area contributed by atoms with Gasteiger partial charge < -0.3 is 10.1 Å². The fraction of sp³-hybridized carbons (Fsp3) is 0.900. The molecule has 3 atom stereocenters. The summed E-state index contributed by atoms with van der Waals surface area (Å²) in [5, 5.41) is 15.3. The number of tetrazole rings is 1. The second kappa shape index (κ2) is 4.88. The Morgan fingerprint density at radius 2 is 2.44 bits per heavy atom. The van der Waals surface area contributed by atoms with Gasteiger partial charge in [0.15, 0.2) is 5.82 Å². The van der Waals surface area contributed by atoms with Gasteiger partial charge in [-0.3, -0.25) is 0 Å². The molecule has 1 saturated heterocycles. The van der Waals surface area contributed by atoms with Crippen LogP contribution in [0.15, 0.2) is 0 Å². The lowest BCUT2D eigenvalue weighted by atomic mass is 9.95. The first kappa shape index (κ1) is 11.5. The predicted octanol–water partition coefficient (Wildman–Crippen LogP) is -0.234. The number of hydrogen-bond donors (Lipinski definition) is 1. The van der Waals surface area contributed by atoms with Crippen molar-refractivity contribution < 1.29 is 4.74 Å². The summed E-state index contributed by atoms with van der Waals surface area (Å²) < 4.78 is 5.75. The van der Waals surface area contributed by atoms with E-state index in [9.17, 15) is 0 Å². The third-order valence-corrected chi connectivity index (χ3v) is 3.16. The second-order valence-corrected chi connectivity index (χ2v) is 4.40. The van der Waals surface area contributed by atoms with E-state index in [-0.39, 0.29) is 12.1 Å². The number of hydrogen-bond acceptors (Lipinski definition) is 5. The summed E-state index contributed by atoms with van der Waals surface area (Å²) in [6.45, 7) is 3.09. The zero-order valence-electron chi connectivity index (χ0n) is 10.1. The van der Waals surface area contributed by atoms with Crippen LogP contribution >= 0.6 is 0 Å². The predicted molar refractivity (Wildman–Crippen MR) is 58.9 cm³/mol. The molecule has 1 N–H and O–H groups in total. The molecule has 90 valence electrons. The Hall–Kier alpha value is -1.01. The summed E-state index contributed by atoms with van der Waals surface area (Å²) in [6.07, 6.45) is 2.16. The van der Waals surface area contributed by atoms with Crippen LogP contribution < -0.4 is 5.32 Å². The van der Waals surface area contributed by atoms with Crippen molar-refractivity contribution in [1.29, 1.82) is 0 Å². The van der Waals surface area contributed by atoms with Crippen molar-refractivity contribution in [2.45, 2.75) is 31.9 Å². The maximum absolute atomic E-state index is 5.75. The van der Waals surface area contributed by atoms with Crippen LogP contribution in [0.4, 0.5) is 0 Å². The topological polar surface area (TPSA) is 64.9 Å². The minimum absolute atomic E-state index is 0.258. The van der Waals surface area contributed by atoms with Gasteiger partial charge in [-0.1, -0.05) is 6.92 Å². The summed E-state index contributed by atoms with van der Waals surface area (Å²) in [7, 11) is 3.73. The summed E-state index contributed by atoms with van der Waals surface area (Å²) in [5.74, 6) is 1.36. The molecular formula is C10H19N5O. The number of likely N-dealkylation sites (N-methyl/N-ethyl adjacent to an activating group) is 1. The molecule has 3 unspecified atom stereocenters. The molecule has 6 heteroatoms. The minimum atomic E-state index is 0.258. The van der Waals surface area contributed by atoms with Crippen molar-refractivity contribution in [3.8, 4) is 0 Å². The number of ether oxygens (including phenoxy) is 1. The molecule has 2 rings (SSSR count). The normalized spacial score (nSPS) is 27.2. The fourth-order valence-electron chi connectivity index (χ4n) is 2.22. The standard InChI is InChI=1S/C10H19N5O/c1-7-4-5-16-10(7)8(11-2)6-9-12-14-15(3)13-9/h7-8,10-11H,4-6H2,1-3H3. The maximum atomic E-state index is 5.75. The molecule has 0 amide bonds. The average Bonchev–Trinajstić information content (AvgIpc) is 2.84. The van der Waals surface area contributed by atoms with E-state index in [2.05, 4.69) is 27.7 Å². The third kappa shape index (κ3) is 2.38. The summed E-state index contributed by atoms with van der Waals surface area (Å²) >= 11 is 0.